The van der Waals surface area contributed by atoms with E-state index in [0.29, 0.717) is 12.2 Å². The van der Waals surface area contributed by atoms with E-state index in [1.165, 1.54) is 0 Å². The highest BCUT2D eigenvalue weighted by molar-refractivity contribution is 5.88. The molecule has 1 atom stereocenters. The summed E-state index contributed by atoms with van der Waals surface area (Å²) < 4.78 is 5.63. The molecule has 0 fully saturated rings. The van der Waals surface area contributed by atoms with Gasteiger partial charge in [0.05, 0.1) is 11.6 Å². The Kier molecular flexibility index (Phi) is 3.06. The summed E-state index contributed by atoms with van der Waals surface area (Å²) in [4.78, 5) is 10.9. The summed E-state index contributed by atoms with van der Waals surface area (Å²) in [5, 5.41) is 12.4. The molecule has 0 bridgehead atoms. The highest BCUT2D eigenvalue weighted by Gasteiger charge is 2.23. The van der Waals surface area contributed by atoms with Crippen LogP contribution in [-0.4, -0.2) is 17.7 Å². The predicted octanol–water partition coefficient (Wildman–Crippen LogP) is 3.24. The number of ether oxygens (including phenoxy) is 1. The van der Waals surface area contributed by atoms with Crippen molar-refractivity contribution < 1.29 is 14.6 Å². The minimum absolute atomic E-state index is 0.0978. The van der Waals surface area contributed by atoms with Crippen molar-refractivity contribution in [2.24, 2.45) is 0 Å². The number of fused-ring (bicyclic) bond motifs is 1. The molecule has 0 saturated heterocycles. The van der Waals surface area contributed by atoms with Gasteiger partial charge in [0.1, 0.15) is 12.4 Å². The van der Waals surface area contributed by atoms with Crippen LogP contribution in [0.2, 0.25) is 0 Å². The van der Waals surface area contributed by atoms with Crippen molar-refractivity contribution in [3.63, 3.8) is 0 Å². The van der Waals surface area contributed by atoms with Gasteiger partial charge in [-0.2, -0.15) is 0 Å². The first-order valence-electron chi connectivity index (χ1n) is 6.47. The van der Waals surface area contributed by atoms with Crippen LogP contribution in [0.5, 0.6) is 5.75 Å². The number of aromatic carboxylic acids is 1. The fourth-order valence-electron chi connectivity index (χ4n) is 2.43. The van der Waals surface area contributed by atoms with E-state index in [0.717, 1.165) is 22.6 Å². The van der Waals surface area contributed by atoms with E-state index in [9.17, 15) is 4.79 Å². The lowest BCUT2D eigenvalue weighted by molar-refractivity contribution is 0.0697. The van der Waals surface area contributed by atoms with Crippen molar-refractivity contribution in [1.29, 1.82) is 0 Å². The smallest absolute Gasteiger partial charge is 0.335 e. The topological polar surface area (TPSA) is 58.6 Å². The molecule has 0 spiro atoms. The fourth-order valence-corrected chi connectivity index (χ4v) is 2.43. The van der Waals surface area contributed by atoms with Crippen LogP contribution in [0.3, 0.4) is 0 Å². The molecule has 0 aliphatic carbocycles. The van der Waals surface area contributed by atoms with E-state index < -0.39 is 5.97 Å². The molecular weight excluding hydrogens is 254 g/mol. The van der Waals surface area contributed by atoms with Gasteiger partial charge >= 0.3 is 5.97 Å². The summed E-state index contributed by atoms with van der Waals surface area (Å²) >= 11 is 0. The Morgan fingerprint density at radius 2 is 2.10 bits per heavy atom. The second-order valence-corrected chi connectivity index (χ2v) is 4.88. The van der Waals surface area contributed by atoms with E-state index in [2.05, 4.69) is 5.32 Å². The maximum atomic E-state index is 10.9. The zero-order chi connectivity index (χ0) is 14.1. The van der Waals surface area contributed by atoms with Crippen LogP contribution in [-0.2, 0) is 0 Å². The van der Waals surface area contributed by atoms with Crippen molar-refractivity contribution in [1.82, 2.24) is 0 Å². The van der Waals surface area contributed by atoms with E-state index in [1.807, 2.05) is 31.2 Å². The van der Waals surface area contributed by atoms with Gasteiger partial charge < -0.3 is 15.2 Å². The van der Waals surface area contributed by atoms with Crippen LogP contribution < -0.4 is 10.1 Å². The van der Waals surface area contributed by atoms with Crippen molar-refractivity contribution in [2.45, 2.75) is 13.0 Å². The Bertz CT molecular complexity index is 667. The van der Waals surface area contributed by atoms with E-state index >= 15 is 0 Å². The molecule has 102 valence electrons. The third-order valence-electron chi connectivity index (χ3n) is 3.50. The first kappa shape index (κ1) is 12.5. The minimum atomic E-state index is -0.908. The molecule has 1 unspecified atom stereocenters. The third kappa shape index (κ3) is 2.20. The van der Waals surface area contributed by atoms with Crippen LogP contribution in [0.4, 0.5) is 5.69 Å². The van der Waals surface area contributed by atoms with E-state index in [1.54, 1.807) is 18.2 Å². The van der Waals surface area contributed by atoms with Crippen LogP contribution in [0.1, 0.15) is 27.5 Å². The first-order chi connectivity index (χ1) is 9.65. The quantitative estimate of drug-likeness (QED) is 0.898. The number of aryl methyl sites for hydroxylation is 1. The van der Waals surface area contributed by atoms with Crippen molar-refractivity contribution >= 4 is 11.7 Å². The van der Waals surface area contributed by atoms with Gasteiger partial charge in [-0.15, -0.1) is 0 Å². The summed E-state index contributed by atoms with van der Waals surface area (Å²) in [6, 6.07) is 13.1. The molecule has 4 nitrogen and oxygen atoms in total. The summed E-state index contributed by atoms with van der Waals surface area (Å²) in [6.07, 6.45) is 0. The monoisotopic (exact) mass is 269 g/mol. The lowest BCUT2D eigenvalue weighted by atomic mass is 10.1. The average Bonchev–Trinajstić information content (AvgIpc) is 2.84. The highest BCUT2D eigenvalue weighted by atomic mass is 16.5. The molecule has 2 N–H and O–H groups in total. The summed E-state index contributed by atoms with van der Waals surface area (Å²) in [5.74, 6) is -0.000922. The van der Waals surface area contributed by atoms with Gasteiger partial charge in [-0.05, 0) is 36.8 Å². The van der Waals surface area contributed by atoms with Crippen LogP contribution in [0, 0.1) is 6.92 Å². The molecule has 1 heterocycles. The maximum Gasteiger partial charge on any atom is 0.335 e. The van der Waals surface area contributed by atoms with Gasteiger partial charge in [-0.1, -0.05) is 18.2 Å². The number of nitrogens with one attached hydrogen (secondary N) is 1. The normalized spacial score (nSPS) is 16.4. The van der Waals surface area contributed by atoms with Crippen LogP contribution in [0.15, 0.2) is 42.5 Å². The molecule has 0 radical (unpaired) electrons. The number of carboxylic acids is 1. The maximum absolute atomic E-state index is 10.9. The Labute approximate surface area is 117 Å². The van der Waals surface area contributed by atoms with Gasteiger partial charge in [0.25, 0.3) is 0 Å². The molecule has 0 aromatic heterocycles. The number of carboxylic acid groups (broad SMARTS) is 1. The molecule has 4 heteroatoms. The minimum Gasteiger partial charge on any atom is -0.491 e. The number of rotatable bonds is 3. The average molecular weight is 269 g/mol. The molecular formula is C16H15NO3. The summed E-state index contributed by atoms with van der Waals surface area (Å²) in [5.41, 5.74) is 3.28. The van der Waals surface area contributed by atoms with Crippen molar-refractivity contribution in [3.8, 4) is 5.75 Å². The number of hydrogen-bond acceptors (Lipinski definition) is 3. The van der Waals surface area contributed by atoms with Gasteiger partial charge in [0.15, 0.2) is 0 Å². The number of benzene rings is 2. The number of anilines is 1. The van der Waals surface area contributed by atoms with Crippen LogP contribution >= 0.6 is 0 Å². The zero-order valence-corrected chi connectivity index (χ0v) is 11.1. The molecule has 1 aliphatic heterocycles. The van der Waals surface area contributed by atoms with Crippen molar-refractivity contribution in [3.05, 3.63) is 59.2 Å². The SMILES string of the molecule is Cc1cc(C(=O)O)ccc1NC1COc2ccccc21. The molecule has 2 aromatic carbocycles. The zero-order valence-electron chi connectivity index (χ0n) is 11.1. The van der Waals surface area contributed by atoms with Gasteiger partial charge in [-0.25, -0.2) is 4.79 Å². The molecule has 3 rings (SSSR count). The standard InChI is InChI=1S/C16H15NO3/c1-10-8-11(16(18)19)6-7-13(10)17-14-9-20-15-5-3-2-4-12(14)15/h2-8,14,17H,9H2,1H3,(H,18,19). The Hall–Kier alpha value is -2.49. The van der Waals surface area contributed by atoms with Gasteiger partial charge in [0, 0.05) is 11.3 Å². The second kappa shape index (κ2) is 4.89. The highest BCUT2D eigenvalue weighted by Crippen LogP contribution is 2.34. The van der Waals surface area contributed by atoms with Crippen LogP contribution in [0.25, 0.3) is 0 Å². The van der Waals surface area contributed by atoms with Crippen molar-refractivity contribution in [2.75, 3.05) is 11.9 Å². The molecule has 0 amide bonds. The summed E-state index contributed by atoms with van der Waals surface area (Å²) in [7, 11) is 0. The fraction of sp³-hybridized carbons (Fsp3) is 0.188. The van der Waals surface area contributed by atoms with Gasteiger partial charge in [0.2, 0.25) is 0 Å². The first-order valence-corrected chi connectivity index (χ1v) is 6.47. The lowest BCUT2D eigenvalue weighted by Crippen LogP contribution is -2.13. The summed E-state index contributed by atoms with van der Waals surface area (Å²) in [6.45, 7) is 2.48. The molecule has 20 heavy (non-hydrogen) atoms. The Balaban J connectivity index is 1.84. The Morgan fingerprint density at radius 1 is 1.30 bits per heavy atom. The largest absolute Gasteiger partial charge is 0.491 e. The molecule has 2 aromatic rings. The molecule has 1 aliphatic rings. The number of para-hydroxylation sites is 1. The third-order valence-corrected chi connectivity index (χ3v) is 3.50. The number of carbonyl (C=O) groups is 1. The van der Waals surface area contributed by atoms with E-state index in [-0.39, 0.29) is 6.04 Å². The Morgan fingerprint density at radius 3 is 2.85 bits per heavy atom. The lowest BCUT2D eigenvalue weighted by Gasteiger charge is -2.15. The molecule has 0 saturated carbocycles. The second-order valence-electron chi connectivity index (χ2n) is 4.88. The van der Waals surface area contributed by atoms with E-state index in [4.69, 9.17) is 9.84 Å². The predicted molar refractivity (Wildman–Crippen MR) is 76.4 cm³/mol. The number of hydrogen-bond donors (Lipinski definition) is 2. The van der Waals surface area contributed by atoms with Gasteiger partial charge in [-0.3, -0.25) is 0 Å².